The van der Waals surface area contributed by atoms with Gasteiger partial charge in [-0.2, -0.15) is 5.10 Å². The standard InChI is InChI=1S/C16H19N3O4/c1-19-9-10(8-17-19)16(22)18-12-7-13(15(21)14(12)20)23-11-5-3-2-4-6-11/h2-6,8-9,12-15,20-21H,7H2,1H3,(H,18,22)/t12-,13-,14+,15+/m1/s1. The molecule has 23 heavy (non-hydrogen) atoms. The Bertz CT molecular complexity index is 673. The first kappa shape index (κ1) is 15.5. The third kappa shape index (κ3) is 3.35. The highest BCUT2D eigenvalue weighted by atomic mass is 16.5. The number of benzene rings is 1. The second-order valence-electron chi connectivity index (χ2n) is 5.67. The molecule has 0 spiro atoms. The van der Waals surface area contributed by atoms with Gasteiger partial charge in [0, 0.05) is 19.7 Å². The van der Waals surface area contributed by atoms with Gasteiger partial charge in [0.05, 0.1) is 17.8 Å². The summed E-state index contributed by atoms with van der Waals surface area (Å²) in [6.45, 7) is 0. The van der Waals surface area contributed by atoms with E-state index in [1.807, 2.05) is 18.2 Å². The lowest BCUT2D eigenvalue weighted by molar-refractivity contribution is -0.0135. The van der Waals surface area contributed by atoms with Crippen molar-refractivity contribution in [2.24, 2.45) is 7.05 Å². The van der Waals surface area contributed by atoms with Gasteiger partial charge in [-0.1, -0.05) is 18.2 Å². The number of hydrogen-bond donors (Lipinski definition) is 3. The summed E-state index contributed by atoms with van der Waals surface area (Å²) in [5.41, 5.74) is 0.404. The molecule has 0 radical (unpaired) electrons. The highest BCUT2D eigenvalue weighted by molar-refractivity contribution is 5.93. The molecular weight excluding hydrogens is 298 g/mol. The number of aryl methyl sites for hydroxylation is 1. The second-order valence-corrected chi connectivity index (χ2v) is 5.67. The minimum atomic E-state index is -1.08. The fraction of sp³-hybridized carbons (Fsp3) is 0.375. The summed E-state index contributed by atoms with van der Waals surface area (Å²) >= 11 is 0. The van der Waals surface area contributed by atoms with Crippen LogP contribution in [-0.2, 0) is 7.05 Å². The highest BCUT2D eigenvalue weighted by Gasteiger charge is 2.43. The molecule has 0 unspecified atom stereocenters. The van der Waals surface area contributed by atoms with Crippen LogP contribution in [0.4, 0.5) is 0 Å². The zero-order valence-corrected chi connectivity index (χ0v) is 12.7. The third-order valence-corrected chi connectivity index (χ3v) is 3.94. The molecule has 7 heteroatoms. The van der Waals surface area contributed by atoms with E-state index < -0.39 is 24.4 Å². The van der Waals surface area contributed by atoms with Crippen molar-refractivity contribution in [1.82, 2.24) is 15.1 Å². The van der Waals surface area contributed by atoms with Gasteiger partial charge in [0.15, 0.2) is 0 Å². The van der Waals surface area contributed by atoms with E-state index >= 15 is 0 Å². The lowest BCUT2D eigenvalue weighted by Crippen LogP contribution is -2.43. The quantitative estimate of drug-likeness (QED) is 0.743. The number of aromatic nitrogens is 2. The van der Waals surface area contributed by atoms with E-state index in [2.05, 4.69) is 10.4 Å². The van der Waals surface area contributed by atoms with Crippen molar-refractivity contribution < 1.29 is 19.7 Å². The lowest BCUT2D eigenvalue weighted by atomic mass is 10.2. The topological polar surface area (TPSA) is 96.6 Å². The van der Waals surface area contributed by atoms with Crippen LogP contribution >= 0.6 is 0 Å². The molecule has 1 aliphatic rings. The molecule has 7 nitrogen and oxygen atoms in total. The van der Waals surface area contributed by atoms with Crippen molar-refractivity contribution in [1.29, 1.82) is 0 Å². The molecule has 1 fully saturated rings. The number of nitrogens with zero attached hydrogens (tertiary/aromatic N) is 2. The molecule has 1 aromatic heterocycles. The molecular formula is C16H19N3O4. The SMILES string of the molecule is Cn1cc(C(=O)N[C@@H]2C[C@@H](Oc3ccccc3)[C@H](O)[C@H]2O)cn1. The van der Waals surface area contributed by atoms with E-state index in [0.717, 1.165) is 0 Å². The Morgan fingerprint density at radius 3 is 2.70 bits per heavy atom. The first-order valence-corrected chi connectivity index (χ1v) is 7.42. The van der Waals surface area contributed by atoms with Crippen LogP contribution < -0.4 is 10.1 Å². The largest absolute Gasteiger partial charge is 0.488 e. The third-order valence-electron chi connectivity index (χ3n) is 3.94. The van der Waals surface area contributed by atoms with Crippen molar-refractivity contribution in [2.75, 3.05) is 0 Å². The molecule has 1 amide bonds. The van der Waals surface area contributed by atoms with Crippen LogP contribution in [0.25, 0.3) is 0 Å². The van der Waals surface area contributed by atoms with Crippen molar-refractivity contribution in [2.45, 2.75) is 30.8 Å². The molecule has 1 saturated carbocycles. The van der Waals surface area contributed by atoms with Gasteiger partial charge in [0.1, 0.15) is 24.1 Å². The number of nitrogens with one attached hydrogen (secondary N) is 1. The Hall–Kier alpha value is -2.38. The summed E-state index contributed by atoms with van der Waals surface area (Å²) in [5, 5.41) is 26.9. The van der Waals surface area contributed by atoms with E-state index in [9.17, 15) is 15.0 Å². The van der Waals surface area contributed by atoms with Gasteiger partial charge in [0.25, 0.3) is 5.91 Å². The van der Waals surface area contributed by atoms with E-state index in [1.165, 1.54) is 10.9 Å². The van der Waals surface area contributed by atoms with Crippen molar-refractivity contribution in [3.8, 4) is 5.75 Å². The zero-order chi connectivity index (χ0) is 16.4. The van der Waals surface area contributed by atoms with Crippen molar-refractivity contribution in [3.05, 3.63) is 48.3 Å². The van der Waals surface area contributed by atoms with Gasteiger partial charge >= 0.3 is 0 Å². The van der Waals surface area contributed by atoms with E-state index in [-0.39, 0.29) is 5.91 Å². The number of carbonyl (C=O) groups is 1. The Kier molecular flexibility index (Phi) is 4.31. The molecule has 4 atom stereocenters. The number of aliphatic hydroxyl groups is 2. The van der Waals surface area contributed by atoms with Gasteiger partial charge < -0.3 is 20.3 Å². The Morgan fingerprint density at radius 1 is 1.30 bits per heavy atom. The molecule has 0 bridgehead atoms. The molecule has 3 N–H and O–H groups in total. The molecule has 0 saturated heterocycles. The molecule has 1 aromatic carbocycles. The molecule has 0 aliphatic heterocycles. The summed E-state index contributed by atoms with van der Waals surface area (Å²) in [6.07, 6.45) is 0.643. The minimum Gasteiger partial charge on any atom is -0.488 e. The normalized spacial score (nSPS) is 26.9. The van der Waals surface area contributed by atoms with Crippen molar-refractivity contribution in [3.63, 3.8) is 0 Å². The lowest BCUT2D eigenvalue weighted by Gasteiger charge is -2.18. The fourth-order valence-electron chi connectivity index (χ4n) is 2.71. The maximum Gasteiger partial charge on any atom is 0.254 e. The number of rotatable bonds is 4. The first-order chi connectivity index (χ1) is 11.0. The summed E-state index contributed by atoms with van der Waals surface area (Å²) in [5.74, 6) is 0.276. The molecule has 122 valence electrons. The van der Waals surface area contributed by atoms with Gasteiger partial charge in [-0.3, -0.25) is 9.48 Å². The van der Waals surface area contributed by atoms with Crippen LogP contribution in [-0.4, -0.2) is 50.3 Å². The van der Waals surface area contributed by atoms with Gasteiger partial charge in [-0.25, -0.2) is 0 Å². The highest BCUT2D eigenvalue weighted by Crippen LogP contribution is 2.26. The predicted octanol–water partition coefficient (Wildman–Crippen LogP) is 0.0916. The van der Waals surface area contributed by atoms with Crippen LogP contribution in [0.2, 0.25) is 0 Å². The number of aliphatic hydroxyl groups excluding tert-OH is 2. The number of amides is 1. The second kappa shape index (κ2) is 6.39. The Balaban J connectivity index is 1.64. The summed E-state index contributed by atoms with van der Waals surface area (Å²) in [7, 11) is 1.72. The molecule has 1 heterocycles. The average molecular weight is 317 g/mol. The van der Waals surface area contributed by atoms with Gasteiger partial charge in [-0.05, 0) is 12.1 Å². The fourth-order valence-corrected chi connectivity index (χ4v) is 2.71. The first-order valence-electron chi connectivity index (χ1n) is 7.42. The van der Waals surface area contributed by atoms with Gasteiger partial charge in [0.2, 0.25) is 0 Å². The number of ether oxygens (including phenoxy) is 1. The monoisotopic (exact) mass is 317 g/mol. The maximum absolute atomic E-state index is 12.1. The Morgan fingerprint density at radius 2 is 2.04 bits per heavy atom. The average Bonchev–Trinajstić information content (AvgIpc) is 3.08. The Labute approximate surface area is 133 Å². The predicted molar refractivity (Wildman–Crippen MR) is 82.0 cm³/mol. The smallest absolute Gasteiger partial charge is 0.254 e. The van der Waals surface area contributed by atoms with E-state index in [4.69, 9.17) is 4.74 Å². The number of carbonyl (C=O) groups excluding carboxylic acids is 1. The van der Waals surface area contributed by atoms with Crippen LogP contribution in [0.15, 0.2) is 42.7 Å². The van der Waals surface area contributed by atoms with Crippen LogP contribution in [0.1, 0.15) is 16.8 Å². The van der Waals surface area contributed by atoms with E-state index in [0.29, 0.717) is 17.7 Å². The van der Waals surface area contributed by atoms with Crippen LogP contribution in [0, 0.1) is 0 Å². The van der Waals surface area contributed by atoms with Crippen LogP contribution in [0.3, 0.4) is 0 Å². The maximum atomic E-state index is 12.1. The summed E-state index contributed by atoms with van der Waals surface area (Å²) in [4.78, 5) is 12.1. The summed E-state index contributed by atoms with van der Waals surface area (Å²) in [6, 6.07) is 8.50. The van der Waals surface area contributed by atoms with Crippen LogP contribution in [0.5, 0.6) is 5.75 Å². The molecule has 3 rings (SSSR count). The number of hydrogen-bond acceptors (Lipinski definition) is 5. The number of para-hydroxylation sites is 1. The zero-order valence-electron chi connectivity index (χ0n) is 12.7. The van der Waals surface area contributed by atoms with Gasteiger partial charge in [-0.15, -0.1) is 0 Å². The molecule has 1 aliphatic carbocycles. The van der Waals surface area contributed by atoms with E-state index in [1.54, 1.807) is 25.4 Å². The molecule has 2 aromatic rings. The summed E-state index contributed by atoms with van der Waals surface area (Å²) < 4.78 is 7.23. The van der Waals surface area contributed by atoms with Crippen molar-refractivity contribution >= 4 is 5.91 Å². The minimum absolute atomic E-state index is 0.323.